The van der Waals surface area contributed by atoms with Gasteiger partial charge in [-0.15, -0.1) is 0 Å². The molecule has 1 aliphatic rings. The average Bonchev–Trinajstić information content (AvgIpc) is 2.69. The van der Waals surface area contributed by atoms with E-state index in [-0.39, 0.29) is 23.1 Å². The van der Waals surface area contributed by atoms with E-state index in [0.717, 1.165) is 5.39 Å². The average molecular weight is 278 g/mol. The van der Waals surface area contributed by atoms with Gasteiger partial charge in [0.2, 0.25) is 0 Å². The van der Waals surface area contributed by atoms with Gasteiger partial charge in [0, 0.05) is 11.4 Å². The van der Waals surface area contributed by atoms with Crippen LogP contribution in [0.4, 0.5) is 5.82 Å². The maximum absolute atomic E-state index is 11.9. The van der Waals surface area contributed by atoms with E-state index in [1.807, 2.05) is 24.3 Å². The number of hydrogen-bond acceptors (Lipinski definition) is 4. The number of H-pyrrole nitrogens is 1. The van der Waals surface area contributed by atoms with Crippen molar-refractivity contribution in [2.45, 2.75) is 12.5 Å². The first-order chi connectivity index (χ1) is 9.03. The Morgan fingerprint density at radius 2 is 2.05 bits per heavy atom. The molecule has 1 unspecified atom stereocenters. The normalized spacial score (nSPS) is 21.6. The summed E-state index contributed by atoms with van der Waals surface area (Å²) in [5.74, 6) is 0.912. The molecule has 2 heterocycles. The number of benzene rings is 1. The molecule has 0 amide bonds. The Balaban J connectivity index is 1.92. The van der Waals surface area contributed by atoms with Crippen LogP contribution in [0.3, 0.4) is 0 Å². The molecule has 1 saturated heterocycles. The lowest BCUT2D eigenvalue weighted by molar-refractivity contribution is 0.602. The number of nitrogens with one attached hydrogen (secondary N) is 2. The number of aromatic nitrogens is 1. The minimum Gasteiger partial charge on any atom is -0.368 e. The van der Waals surface area contributed by atoms with Crippen molar-refractivity contribution in [1.29, 1.82) is 0 Å². The zero-order chi connectivity index (χ0) is 13.5. The summed E-state index contributed by atoms with van der Waals surface area (Å²) in [5, 5.41) is 4.57. The molecule has 2 N–H and O–H groups in total. The lowest BCUT2D eigenvalue weighted by Crippen LogP contribution is -2.22. The lowest BCUT2D eigenvalue weighted by atomic mass is 10.1. The summed E-state index contributed by atoms with van der Waals surface area (Å²) in [7, 11) is -2.92. The van der Waals surface area contributed by atoms with Crippen LogP contribution in [0, 0.1) is 0 Å². The highest BCUT2D eigenvalue weighted by molar-refractivity contribution is 7.91. The Kier molecular flexibility index (Phi) is 2.82. The van der Waals surface area contributed by atoms with Crippen LogP contribution in [0.15, 0.2) is 35.1 Å². The van der Waals surface area contributed by atoms with Gasteiger partial charge in [-0.3, -0.25) is 4.79 Å². The molecule has 6 heteroatoms. The Hall–Kier alpha value is -1.82. The van der Waals surface area contributed by atoms with E-state index in [2.05, 4.69) is 10.3 Å². The molecule has 0 saturated carbocycles. The minimum absolute atomic E-state index is 0.123. The molecule has 1 fully saturated rings. The van der Waals surface area contributed by atoms with Crippen molar-refractivity contribution in [1.82, 2.24) is 4.98 Å². The summed E-state index contributed by atoms with van der Waals surface area (Å²) in [6, 6.07) is 9.02. The Morgan fingerprint density at radius 3 is 2.79 bits per heavy atom. The predicted molar refractivity (Wildman–Crippen MR) is 75.3 cm³/mol. The summed E-state index contributed by atoms with van der Waals surface area (Å²) >= 11 is 0. The van der Waals surface area contributed by atoms with Crippen LogP contribution in [0.2, 0.25) is 0 Å². The number of anilines is 1. The maximum atomic E-state index is 11.9. The van der Waals surface area contributed by atoms with Crippen LogP contribution in [0.1, 0.15) is 6.42 Å². The third-order valence-corrected chi connectivity index (χ3v) is 5.11. The first-order valence-electron chi connectivity index (χ1n) is 6.12. The predicted octanol–water partition coefficient (Wildman–Crippen LogP) is 1.13. The molecule has 1 atom stereocenters. The summed E-state index contributed by atoms with van der Waals surface area (Å²) in [6.45, 7) is 0. The summed E-state index contributed by atoms with van der Waals surface area (Å²) in [5.41, 5.74) is -0.165. The van der Waals surface area contributed by atoms with Crippen molar-refractivity contribution in [2.75, 3.05) is 16.8 Å². The van der Waals surface area contributed by atoms with Crippen molar-refractivity contribution < 1.29 is 8.42 Å². The van der Waals surface area contributed by atoms with Gasteiger partial charge >= 0.3 is 0 Å². The Labute approximate surface area is 110 Å². The monoisotopic (exact) mass is 278 g/mol. The Bertz CT molecular complexity index is 780. The minimum atomic E-state index is -2.92. The molecule has 0 aliphatic carbocycles. The van der Waals surface area contributed by atoms with Gasteiger partial charge < -0.3 is 10.3 Å². The molecule has 1 aliphatic heterocycles. The molecule has 19 heavy (non-hydrogen) atoms. The van der Waals surface area contributed by atoms with Crippen LogP contribution in [0.5, 0.6) is 0 Å². The third kappa shape index (κ3) is 2.49. The molecule has 100 valence electrons. The highest BCUT2D eigenvalue weighted by atomic mass is 32.2. The van der Waals surface area contributed by atoms with Crippen molar-refractivity contribution in [3.8, 4) is 0 Å². The smallest absolute Gasteiger partial charge is 0.257 e. The second kappa shape index (κ2) is 4.38. The number of rotatable bonds is 2. The molecule has 0 spiro atoms. The van der Waals surface area contributed by atoms with Gasteiger partial charge in [-0.2, -0.15) is 0 Å². The van der Waals surface area contributed by atoms with E-state index >= 15 is 0 Å². The number of hydrogen-bond donors (Lipinski definition) is 2. The fourth-order valence-electron chi connectivity index (χ4n) is 2.42. The fraction of sp³-hybridized carbons (Fsp3) is 0.308. The number of fused-ring (bicyclic) bond motifs is 1. The summed E-state index contributed by atoms with van der Waals surface area (Å²) in [4.78, 5) is 14.6. The van der Waals surface area contributed by atoms with Crippen molar-refractivity contribution >= 4 is 26.4 Å². The first kappa shape index (κ1) is 12.2. The van der Waals surface area contributed by atoms with Gasteiger partial charge in [0.05, 0.1) is 11.5 Å². The van der Waals surface area contributed by atoms with E-state index in [1.54, 1.807) is 6.07 Å². The van der Waals surface area contributed by atoms with Crippen LogP contribution in [0.25, 0.3) is 10.8 Å². The van der Waals surface area contributed by atoms with Gasteiger partial charge in [0.25, 0.3) is 5.56 Å². The fourth-order valence-corrected chi connectivity index (χ4v) is 4.09. The maximum Gasteiger partial charge on any atom is 0.257 e. The second-order valence-corrected chi connectivity index (χ2v) is 7.07. The molecule has 0 radical (unpaired) electrons. The van der Waals surface area contributed by atoms with E-state index in [0.29, 0.717) is 17.6 Å². The molecule has 3 rings (SSSR count). The van der Waals surface area contributed by atoms with Gasteiger partial charge in [0.15, 0.2) is 9.84 Å². The zero-order valence-electron chi connectivity index (χ0n) is 10.2. The molecule has 1 aromatic heterocycles. The van der Waals surface area contributed by atoms with Crippen LogP contribution >= 0.6 is 0 Å². The van der Waals surface area contributed by atoms with Crippen molar-refractivity contribution in [2.24, 2.45) is 0 Å². The van der Waals surface area contributed by atoms with E-state index < -0.39 is 9.84 Å². The van der Waals surface area contributed by atoms with Crippen molar-refractivity contribution in [3.63, 3.8) is 0 Å². The quantitative estimate of drug-likeness (QED) is 0.863. The first-order valence-corrected chi connectivity index (χ1v) is 7.95. The second-order valence-electron chi connectivity index (χ2n) is 4.84. The van der Waals surface area contributed by atoms with E-state index in [4.69, 9.17) is 0 Å². The van der Waals surface area contributed by atoms with Crippen LogP contribution < -0.4 is 10.9 Å². The van der Waals surface area contributed by atoms with Gasteiger partial charge in [-0.25, -0.2) is 8.42 Å². The topological polar surface area (TPSA) is 79.0 Å². The van der Waals surface area contributed by atoms with E-state index in [1.165, 1.54) is 0 Å². The SMILES string of the molecule is O=c1[nH]c(NC2CCS(=O)(=O)C2)cc2ccccc12. The van der Waals surface area contributed by atoms with Gasteiger partial charge in [0.1, 0.15) is 5.82 Å². The molecular formula is C13H14N2O3S. The molecule has 5 nitrogen and oxygen atoms in total. The summed E-state index contributed by atoms with van der Waals surface area (Å²) < 4.78 is 22.8. The standard InChI is InChI=1S/C13H14N2O3S/c16-13-11-4-2-1-3-9(11)7-12(15-13)14-10-5-6-19(17,18)8-10/h1-4,7,10H,5-6,8H2,(H2,14,15,16). The molecular weight excluding hydrogens is 264 g/mol. The summed E-state index contributed by atoms with van der Waals surface area (Å²) in [6.07, 6.45) is 0.581. The lowest BCUT2D eigenvalue weighted by Gasteiger charge is -2.12. The molecule has 1 aromatic carbocycles. The highest BCUT2D eigenvalue weighted by Crippen LogP contribution is 2.18. The largest absolute Gasteiger partial charge is 0.368 e. The Morgan fingerprint density at radius 1 is 1.26 bits per heavy atom. The number of aromatic amines is 1. The van der Waals surface area contributed by atoms with Crippen LogP contribution in [-0.4, -0.2) is 30.9 Å². The van der Waals surface area contributed by atoms with Crippen molar-refractivity contribution in [3.05, 3.63) is 40.7 Å². The number of sulfone groups is 1. The zero-order valence-corrected chi connectivity index (χ0v) is 11.0. The third-order valence-electron chi connectivity index (χ3n) is 3.35. The van der Waals surface area contributed by atoms with Crippen LogP contribution in [-0.2, 0) is 9.84 Å². The van der Waals surface area contributed by atoms with E-state index in [9.17, 15) is 13.2 Å². The van der Waals surface area contributed by atoms with Gasteiger partial charge in [-0.1, -0.05) is 18.2 Å². The molecule has 0 bridgehead atoms. The molecule has 2 aromatic rings. The van der Waals surface area contributed by atoms with Gasteiger partial charge in [-0.05, 0) is 23.9 Å². The highest BCUT2D eigenvalue weighted by Gasteiger charge is 2.27. The number of pyridine rings is 1.